The van der Waals surface area contributed by atoms with E-state index in [2.05, 4.69) is 17.6 Å². The summed E-state index contributed by atoms with van der Waals surface area (Å²) in [6, 6.07) is 6.38. The summed E-state index contributed by atoms with van der Waals surface area (Å²) in [7, 11) is 0. The zero-order chi connectivity index (χ0) is 13.1. The normalized spacial score (nSPS) is 16.2. The van der Waals surface area contributed by atoms with Gasteiger partial charge in [0.15, 0.2) is 0 Å². The Hall–Kier alpha value is -1.51. The zero-order valence-electron chi connectivity index (χ0n) is 11.4. The summed E-state index contributed by atoms with van der Waals surface area (Å²) < 4.78 is 0. The van der Waals surface area contributed by atoms with Gasteiger partial charge in [-0.05, 0) is 63.3 Å². The van der Waals surface area contributed by atoms with Crippen LogP contribution in [0.4, 0.5) is 5.69 Å². The molecule has 3 heteroatoms. The molecule has 1 fully saturated rings. The molecule has 1 aliphatic carbocycles. The van der Waals surface area contributed by atoms with Crippen LogP contribution in [0.15, 0.2) is 18.2 Å². The summed E-state index contributed by atoms with van der Waals surface area (Å²) in [6.45, 7) is 6.87. The molecule has 0 spiro atoms. The van der Waals surface area contributed by atoms with Crippen LogP contribution >= 0.6 is 0 Å². The van der Waals surface area contributed by atoms with Crippen LogP contribution in [0.1, 0.15) is 42.6 Å². The summed E-state index contributed by atoms with van der Waals surface area (Å²) in [5, 5.41) is 6.36. The van der Waals surface area contributed by atoms with Crippen LogP contribution in [0.2, 0.25) is 0 Å². The van der Waals surface area contributed by atoms with Crippen molar-refractivity contribution in [1.82, 2.24) is 5.32 Å². The van der Waals surface area contributed by atoms with Gasteiger partial charge < -0.3 is 10.6 Å². The van der Waals surface area contributed by atoms with Crippen molar-refractivity contribution in [1.29, 1.82) is 0 Å². The third-order valence-corrected chi connectivity index (χ3v) is 3.54. The Morgan fingerprint density at radius 3 is 2.72 bits per heavy atom. The van der Waals surface area contributed by atoms with Crippen molar-refractivity contribution >= 4 is 11.6 Å². The van der Waals surface area contributed by atoms with E-state index in [1.807, 2.05) is 32.0 Å². The van der Waals surface area contributed by atoms with Gasteiger partial charge >= 0.3 is 0 Å². The number of nitrogens with one attached hydrogen (secondary N) is 2. The minimum atomic E-state index is 0.00221. The summed E-state index contributed by atoms with van der Waals surface area (Å²) >= 11 is 0. The minimum Gasteiger partial charge on any atom is -0.382 e. The molecule has 1 aromatic carbocycles. The highest BCUT2D eigenvalue weighted by atomic mass is 16.1. The van der Waals surface area contributed by atoms with E-state index in [1.165, 1.54) is 12.8 Å². The number of amides is 1. The van der Waals surface area contributed by atoms with E-state index in [9.17, 15) is 4.79 Å². The fraction of sp³-hybridized carbons (Fsp3) is 0.533. The van der Waals surface area contributed by atoms with Gasteiger partial charge in [-0.25, -0.2) is 0 Å². The number of anilines is 1. The molecule has 1 atom stereocenters. The fourth-order valence-corrected chi connectivity index (χ4v) is 2.19. The van der Waals surface area contributed by atoms with Crippen molar-refractivity contribution in [3.8, 4) is 0 Å². The lowest BCUT2D eigenvalue weighted by atomic mass is 10.1. The predicted molar refractivity (Wildman–Crippen MR) is 75.0 cm³/mol. The lowest BCUT2D eigenvalue weighted by molar-refractivity contribution is 0.0956. The molecule has 0 aromatic heterocycles. The highest BCUT2D eigenvalue weighted by Crippen LogP contribution is 2.34. The number of carbonyl (C=O) groups is 1. The number of rotatable bonds is 5. The molecule has 98 valence electrons. The van der Waals surface area contributed by atoms with E-state index < -0.39 is 0 Å². The second-order valence-electron chi connectivity index (χ2n) is 5.16. The van der Waals surface area contributed by atoms with Gasteiger partial charge in [-0.1, -0.05) is 0 Å². The molecule has 1 unspecified atom stereocenters. The Bertz CT molecular complexity index is 438. The third kappa shape index (κ3) is 3.03. The Morgan fingerprint density at radius 2 is 2.17 bits per heavy atom. The van der Waals surface area contributed by atoms with Gasteiger partial charge in [-0.15, -0.1) is 0 Å². The van der Waals surface area contributed by atoms with Gasteiger partial charge in [-0.2, -0.15) is 0 Å². The van der Waals surface area contributed by atoms with Crippen LogP contribution in [0.5, 0.6) is 0 Å². The maximum atomic E-state index is 11.7. The Balaban J connectivity index is 2.06. The van der Waals surface area contributed by atoms with E-state index in [-0.39, 0.29) is 5.91 Å². The summed E-state index contributed by atoms with van der Waals surface area (Å²) in [6.07, 6.45) is 2.68. The average molecular weight is 246 g/mol. The Kier molecular flexibility index (Phi) is 3.90. The predicted octanol–water partition coefficient (Wildman–Crippen LogP) is 2.96. The molecule has 0 saturated heterocycles. The maximum Gasteiger partial charge on any atom is 0.251 e. The molecule has 18 heavy (non-hydrogen) atoms. The van der Waals surface area contributed by atoms with Crippen LogP contribution in [0, 0.1) is 12.8 Å². The monoisotopic (exact) mass is 246 g/mol. The minimum absolute atomic E-state index is 0.00221. The van der Waals surface area contributed by atoms with E-state index in [4.69, 9.17) is 0 Å². The first-order valence-electron chi connectivity index (χ1n) is 6.77. The van der Waals surface area contributed by atoms with Gasteiger partial charge in [0.1, 0.15) is 0 Å². The first-order valence-corrected chi connectivity index (χ1v) is 6.77. The molecule has 2 N–H and O–H groups in total. The Morgan fingerprint density at radius 1 is 1.44 bits per heavy atom. The molecule has 1 aromatic rings. The van der Waals surface area contributed by atoms with E-state index in [1.54, 1.807) is 0 Å². The average Bonchev–Trinajstić information content (AvgIpc) is 3.16. The largest absolute Gasteiger partial charge is 0.382 e. The van der Waals surface area contributed by atoms with Crippen LogP contribution in [0.3, 0.4) is 0 Å². The van der Waals surface area contributed by atoms with Gasteiger partial charge in [-0.3, -0.25) is 4.79 Å². The quantitative estimate of drug-likeness (QED) is 0.838. The molecule has 1 aliphatic rings. The standard InChI is InChI=1S/C15H22N2O/c1-4-16-15(18)13-7-8-14(10(2)9-13)17-11(3)12-5-6-12/h7-9,11-12,17H,4-6H2,1-3H3,(H,16,18). The van der Waals surface area contributed by atoms with E-state index in [0.717, 1.165) is 22.7 Å². The summed E-state index contributed by atoms with van der Waals surface area (Å²) in [5.74, 6) is 0.829. The maximum absolute atomic E-state index is 11.7. The SMILES string of the molecule is CCNC(=O)c1ccc(NC(C)C2CC2)c(C)c1. The molecule has 0 bridgehead atoms. The summed E-state index contributed by atoms with van der Waals surface area (Å²) in [5.41, 5.74) is 3.01. The number of carbonyl (C=O) groups excluding carboxylic acids is 1. The van der Waals surface area contributed by atoms with Gasteiger partial charge in [0.25, 0.3) is 5.91 Å². The number of benzene rings is 1. The van der Waals surface area contributed by atoms with Crippen molar-refractivity contribution in [2.75, 3.05) is 11.9 Å². The third-order valence-electron chi connectivity index (χ3n) is 3.54. The molecule has 2 rings (SSSR count). The van der Waals surface area contributed by atoms with E-state index >= 15 is 0 Å². The van der Waals surface area contributed by atoms with Crippen LogP contribution < -0.4 is 10.6 Å². The number of hydrogen-bond acceptors (Lipinski definition) is 2. The lowest BCUT2D eigenvalue weighted by Crippen LogP contribution is -2.23. The highest BCUT2D eigenvalue weighted by Gasteiger charge is 2.27. The topological polar surface area (TPSA) is 41.1 Å². The Labute approximate surface area is 109 Å². The first-order chi connectivity index (χ1) is 8.61. The van der Waals surface area contributed by atoms with Gasteiger partial charge in [0.2, 0.25) is 0 Å². The van der Waals surface area contributed by atoms with Crippen molar-refractivity contribution < 1.29 is 4.79 Å². The van der Waals surface area contributed by atoms with Gasteiger partial charge in [0.05, 0.1) is 0 Å². The van der Waals surface area contributed by atoms with E-state index in [0.29, 0.717) is 12.6 Å². The van der Waals surface area contributed by atoms with Crippen LogP contribution in [-0.4, -0.2) is 18.5 Å². The second-order valence-corrected chi connectivity index (χ2v) is 5.16. The smallest absolute Gasteiger partial charge is 0.251 e. The lowest BCUT2D eigenvalue weighted by Gasteiger charge is -2.17. The molecule has 3 nitrogen and oxygen atoms in total. The molecular weight excluding hydrogens is 224 g/mol. The van der Waals surface area contributed by atoms with Crippen LogP contribution in [-0.2, 0) is 0 Å². The molecule has 1 saturated carbocycles. The molecule has 1 amide bonds. The highest BCUT2D eigenvalue weighted by molar-refractivity contribution is 5.94. The molecule has 0 radical (unpaired) electrons. The number of hydrogen-bond donors (Lipinski definition) is 2. The van der Waals surface area contributed by atoms with Crippen molar-refractivity contribution in [2.45, 2.75) is 39.7 Å². The molecule has 0 aliphatic heterocycles. The van der Waals surface area contributed by atoms with Gasteiger partial charge in [0, 0.05) is 23.8 Å². The second kappa shape index (κ2) is 5.42. The van der Waals surface area contributed by atoms with Crippen molar-refractivity contribution in [3.05, 3.63) is 29.3 Å². The first kappa shape index (κ1) is 12.9. The molecule has 0 heterocycles. The van der Waals surface area contributed by atoms with Crippen LogP contribution in [0.25, 0.3) is 0 Å². The zero-order valence-corrected chi connectivity index (χ0v) is 11.4. The molecular formula is C15H22N2O. The fourth-order valence-electron chi connectivity index (χ4n) is 2.19. The van der Waals surface area contributed by atoms with Crippen molar-refractivity contribution in [2.24, 2.45) is 5.92 Å². The summed E-state index contributed by atoms with van der Waals surface area (Å²) in [4.78, 5) is 11.7. The number of aryl methyl sites for hydroxylation is 1. The van der Waals surface area contributed by atoms with Crippen molar-refractivity contribution in [3.63, 3.8) is 0 Å².